The Hall–Kier alpha value is -2.89. The second-order valence-electron chi connectivity index (χ2n) is 6.19. The van der Waals surface area contributed by atoms with Gasteiger partial charge in [-0.25, -0.2) is 22.6 Å². The van der Waals surface area contributed by atoms with Crippen LogP contribution in [-0.4, -0.2) is 53.7 Å². The number of sulfonamides is 1. The number of fused-ring (bicyclic) bond motifs is 1. The average Bonchev–Trinajstić information content (AvgIpc) is 3.08. The molecule has 0 unspecified atom stereocenters. The monoisotopic (exact) mass is 404 g/mol. The number of methoxy groups -OCH3 is 1. The van der Waals surface area contributed by atoms with Crippen molar-refractivity contribution in [3.05, 3.63) is 48.0 Å². The molecule has 0 bridgehead atoms. The fraction of sp³-hybridized carbons (Fsp3) is 0.294. The normalized spacial score (nSPS) is 12.8. The minimum Gasteiger partial charge on any atom is -0.383 e. The summed E-state index contributed by atoms with van der Waals surface area (Å²) in [4.78, 5) is 20.6. The molecular weight excluding hydrogens is 384 g/mol. The van der Waals surface area contributed by atoms with Gasteiger partial charge < -0.3 is 10.1 Å². The van der Waals surface area contributed by atoms with Crippen molar-refractivity contribution in [1.82, 2.24) is 24.3 Å². The highest BCUT2D eigenvalue weighted by Crippen LogP contribution is 2.15. The van der Waals surface area contributed by atoms with Gasteiger partial charge in [-0.05, 0) is 44.2 Å². The first-order chi connectivity index (χ1) is 13.3. The number of nitrogens with one attached hydrogen (secondary N) is 2. The zero-order valence-corrected chi connectivity index (χ0v) is 16.4. The van der Waals surface area contributed by atoms with E-state index in [4.69, 9.17) is 4.74 Å². The van der Waals surface area contributed by atoms with Gasteiger partial charge in [-0.3, -0.25) is 4.79 Å². The quantitative estimate of drug-likeness (QED) is 0.601. The Morgan fingerprint density at radius 1 is 1.25 bits per heavy atom. The van der Waals surface area contributed by atoms with Crippen molar-refractivity contribution in [2.45, 2.75) is 24.8 Å². The van der Waals surface area contributed by atoms with E-state index in [1.54, 1.807) is 19.2 Å². The highest BCUT2D eigenvalue weighted by molar-refractivity contribution is 7.89. The van der Waals surface area contributed by atoms with E-state index >= 15 is 0 Å². The number of rotatable bonds is 7. The Bertz CT molecular complexity index is 1090. The van der Waals surface area contributed by atoms with Gasteiger partial charge in [0, 0.05) is 30.7 Å². The molecule has 0 aliphatic rings. The SMILES string of the molecule is COC[C@@H](C)NS(=O)(=O)c1ccc(NC(=O)c2nc3nccc(C)n3n2)cc1. The summed E-state index contributed by atoms with van der Waals surface area (Å²) in [6.45, 7) is 3.79. The van der Waals surface area contributed by atoms with E-state index < -0.39 is 15.9 Å². The molecule has 0 fully saturated rings. The molecule has 3 aromatic rings. The van der Waals surface area contributed by atoms with Gasteiger partial charge in [-0.15, -0.1) is 5.10 Å². The van der Waals surface area contributed by atoms with Crippen molar-refractivity contribution in [3.8, 4) is 0 Å². The maximum Gasteiger partial charge on any atom is 0.295 e. The molecule has 0 aliphatic carbocycles. The van der Waals surface area contributed by atoms with E-state index in [1.165, 1.54) is 35.9 Å². The van der Waals surface area contributed by atoms with Gasteiger partial charge in [0.1, 0.15) is 0 Å². The molecule has 148 valence electrons. The molecule has 3 rings (SSSR count). The van der Waals surface area contributed by atoms with Gasteiger partial charge >= 0.3 is 0 Å². The van der Waals surface area contributed by atoms with Crippen LogP contribution in [0.25, 0.3) is 5.78 Å². The molecule has 0 radical (unpaired) electrons. The molecule has 0 saturated carbocycles. The van der Waals surface area contributed by atoms with Crippen LogP contribution in [0.1, 0.15) is 23.2 Å². The number of amides is 1. The largest absolute Gasteiger partial charge is 0.383 e. The zero-order chi connectivity index (χ0) is 20.3. The van der Waals surface area contributed by atoms with E-state index in [-0.39, 0.29) is 23.4 Å². The molecule has 2 aromatic heterocycles. The molecule has 2 heterocycles. The van der Waals surface area contributed by atoms with Gasteiger partial charge in [0.15, 0.2) is 0 Å². The summed E-state index contributed by atoms with van der Waals surface area (Å²) in [6, 6.07) is 7.18. The third-order valence-electron chi connectivity index (χ3n) is 3.83. The molecule has 28 heavy (non-hydrogen) atoms. The van der Waals surface area contributed by atoms with Gasteiger partial charge in [0.05, 0.1) is 11.5 Å². The first-order valence-electron chi connectivity index (χ1n) is 8.41. The van der Waals surface area contributed by atoms with E-state index in [0.717, 1.165) is 5.69 Å². The minimum atomic E-state index is -3.68. The Morgan fingerprint density at radius 2 is 1.96 bits per heavy atom. The van der Waals surface area contributed by atoms with Gasteiger partial charge in [-0.1, -0.05) is 0 Å². The molecule has 1 amide bonds. The van der Waals surface area contributed by atoms with Crippen LogP contribution in [0, 0.1) is 6.92 Å². The highest BCUT2D eigenvalue weighted by atomic mass is 32.2. The average molecular weight is 404 g/mol. The summed E-state index contributed by atoms with van der Waals surface area (Å²) in [7, 11) is -2.18. The van der Waals surface area contributed by atoms with Crippen molar-refractivity contribution in [1.29, 1.82) is 0 Å². The first-order valence-corrected chi connectivity index (χ1v) is 9.89. The van der Waals surface area contributed by atoms with E-state index in [0.29, 0.717) is 11.5 Å². The van der Waals surface area contributed by atoms with Crippen LogP contribution in [0.5, 0.6) is 0 Å². The molecule has 1 atom stereocenters. The Kier molecular flexibility index (Phi) is 5.68. The van der Waals surface area contributed by atoms with Crippen LogP contribution in [0.3, 0.4) is 0 Å². The molecular formula is C17H20N6O4S. The number of carbonyl (C=O) groups is 1. The van der Waals surface area contributed by atoms with E-state index in [2.05, 4.69) is 25.1 Å². The van der Waals surface area contributed by atoms with Crippen LogP contribution >= 0.6 is 0 Å². The summed E-state index contributed by atoms with van der Waals surface area (Å²) < 4.78 is 33.5. The number of hydrogen-bond donors (Lipinski definition) is 2. The fourth-order valence-corrected chi connectivity index (χ4v) is 3.75. The van der Waals surface area contributed by atoms with E-state index in [9.17, 15) is 13.2 Å². The second kappa shape index (κ2) is 8.00. The summed E-state index contributed by atoms with van der Waals surface area (Å²) in [6.07, 6.45) is 1.59. The summed E-state index contributed by atoms with van der Waals surface area (Å²) >= 11 is 0. The topological polar surface area (TPSA) is 128 Å². The lowest BCUT2D eigenvalue weighted by atomic mass is 10.3. The third kappa shape index (κ3) is 4.32. The molecule has 2 N–H and O–H groups in total. The van der Waals surface area contributed by atoms with E-state index in [1.807, 2.05) is 6.92 Å². The van der Waals surface area contributed by atoms with Crippen LogP contribution in [0.2, 0.25) is 0 Å². The number of nitrogens with zero attached hydrogens (tertiary/aromatic N) is 4. The van der Waals surface area contributed by atoms with Gasteiger partial charge in [0.2, 0.25) is 15.8 Å². The number of aromatic nitrogens is 4. The number of aryl methyl sites for hydroxylation is 1. The van der Waals surface area contributed by atoms with Crippen molar-refractivity contribution >= 4 is 27.4 Å². The maximum atomic E-state index is 12.4. The Labute approximate surface area is 162 Å². The predicted octanol–water partition coefficient (Wildman–Crippen LogP) is 0.998. The standard InChI is InChI=1S/C17H20N6O4S/c1-11(10-27-3)22-28(25,26)14-6-4-13(5-7-14)19-16(24)15-20-17-18-9-8-12(2)23(17)21-15/h4-9,11,22H,10H2,1-3H3,(H,19,24)/t11-/m1/s1. The second-order valence-corrected chi connectivity index (χ2v) is 7.90. The molecule has 10 nitrogen and oxygen atoms in total. The number of anilines is 1. The Morgan fingerprint density at radius 3 is 2.61 bits per heavy atom. The van der Waals surface area contributed by atoms with Crippen molar-refractivity contribution < 1.29 is 17.9 Å². The lowest BCUT2D eigenvalue weighted by Gasteiger charge is -2.13. The highest BCUT2D eigenvalue weighted by Gasteiger charge is 2.18. The maximum absolute atomic E-state index is 12.4. The molecule has 1 aromatic carbocycles. The first kappa shape index (κ1) is 19.9. The fourth-order valence-electron chi connectivity index (χ4n) is 2.52. The van der Waals surface area contributed by atoms with Gasteiger partial charge in [-0.2, -0.15) is 4.98 Å². The molecule has 0 spiro atoms. The summed E-state index contributed by atoms with van der Waals surface area (Å²) in [5.41, 5.74) is 1.21. The predicted molar refractivity (Wildman–Crippen MR) is 102 cm³/mol. The molecule has 0 aliphatic heterocycles. The number of hydrogen-bond acceptors (Lipinski definition) is 7. The van der Waals surface area contributed by atoms with Gasteiger partial charge in [0.25, 0.3) is 11.7 Å². The number of benzene rings is 1. The lowest BCUT2D eigenvalue weighted by Crippen LogP contribution is -2.35. The van der Waals surface area contributed by atoms with Crippen LogP contribution in [0.4, 0.5) is 5.69 Å². The smallest absolute Gasteiger partial charge is 0.295 e. The molecule has 11 heteroatoms. The van der Waals surface area contributed by atoms with Crippen molar-refractivity contribution in [2.24, 2.45) is 0 Å². The number of ether oxygens (including phenoxy) is 1. The minimum absolute atomic E-state index is 0.0337. The molecule has 0 saturated heterocycles. The van der Waals surface area contributed by atoms with Crippen molar-refractivity contribution in [2.75, 3.05) is 19.0 Å². The summed E-state index contributed by atoms with van der Waals surface area (Å²) in [5.74, 6) is -0.233. The van der Waals surface area contributed by atoms with Crippen LogP contribution < -0.4 is 10.0 Å². The zero-order valence-electron chi connectivity index (χ0n) is 15.6. The van der Waals surface area contributed by atoms with Crippen LogP contribution in [0.15, 0.2) is 41.4 Å². The van der Waals surface area contributed by atoms with Crippen LogP contribution in [-0.2, 0) is 14.8 Å². The lowest BCUT2D eigenvalue weighted by molar-refractivity contribution is 0.101. The number of carbonyl (C=O) groups excluding carboxylic acids is 1. The van der Waals surface area contributed by atoms with Crippen molar-refractivity contribution in [3.63, 3.8) is 0 Å². The summed E-state index contributed by atoms with van der Waals surface area (Å²) in [5, 5.41) is 6.77. The third-order valence-corrected chi connectivity index (χ3v) is 5.43. The Balaban J connectivity index is 1.73.